The van der Waals surface area contributed by atoms with E-state index in [-0.39, 0.29) is 191 Å². The largest absolute Gasteiger partial charge is 0.386 e. The fraction of sp³-hybridized carbons (Fsp3) is 0.182. The Morgan fingerprint density at radius 2 is 1.18 bits per heavy atom. The van der Waals surface area contributed by atoms with Crippen molar-refractivity contribution >= 4 is 46.0 Å². The fourth-order valence-electron chi connectivity index (χ4n) is 1.97. The zero-order valence-corrected chi connectivity index (χ0v) is 35.9. The summed E-state index contributed by atoms with van der Waals surface area (Å²) in [5.74, 6) is -0.0601. The molecule has 2 nitrogen and oxygen atoms in total. The van der Waals surface area contributed by atoms with E-state index in [9.17, 15) is 18.0 Å². The Morgan fingerprint density at radius 1 is 0.824 bits per heavy atom. The molecule has 0 unspecified atom stereocenters. The Labute approximate surface area is 338 Å². The van der Waals surface area contributed by atoms with Crippen molar-refractivity contribution < 1.29 is 182 Å². The van der Waals surface area contributed by atoms with E-state index >= 15 is 0 Å². The van der Waals surface area contributed by atoms with Crippen molar-refractivity contribution in [3.8, 4) is 0 Å². The predicted octanol–water partition coefficient (Wildman–Crippen LogP) is 7.58. The molecule has 2 aromatic rings. The number of anilines is 1. The van der Waals surface area contributed by atoms with E-state index in [1.165, 1.54) is 11.8 Å². The first-order valence-electron chi connectivity index (χ1n) is 8.20. The van der Waals surface area contributed by atoms with Crippen LogP contribution in [0.25, 0.3) is 6.08 Å². The van der Waals surface area contributed by atoms with Crippen LogP contribution in [0.3, 0.4) is 0 Å². The fourth-order valence-corrected chi connectivity index (χ4v) is 3.27. The van der Waals surface area contributed by atoms with Crippen LogP contribution in [0.15, 0.2) is 65.6 Å². The van der Waals surface area contributed by atoms with Crippen LogP contribution in [0.4, 0.5) is 18.9 Å². The molecule has 3 rings (SSSR count). The van der Waals surface area contributed by atoms with Crippen LogP contribution in [0.1, 0.15) is 26.3 Å². The van der Waals surface area contributed by atoms with Crippen LogP contribution in [0, 0.1) is 14.9 Å². The van der Waals surface area contributed by atoms with Gasteiger partial charge in [-0.15, -0.1) is 0 Å². The van der Waals surface area contributed by atoms with Gasteiger partial charge in [-0.1, -0.05) is 86.4 Å². The molecule has 1 fully saturated rings. The van der Waals surface area contributed by atoms with Gasteiger partial charge >= 0.3 is 6.18 Å². The molecule has 0 bridgehead atoms. The number of alkyl halides is 3. The van der Waals surface area contributed by atoms with Gasteiger partial charge in [0.2, 0.25) is 0 Å². The van der Waals surface area contributed by atoms with Gasteiger partial charge in [-0.25, -0.2) is 0 Å². The molecule has 34 heavy (non-hydrogen) atoms. The average Bonchev–Trinajstić information content (AvgIpc) is 2.90. The number of benzene rings is 2. The number of hydrogen-bond donors (Lipinski definition) is 0. The summed E-state index contributed by atoms with van der Waals surface area (Å²) in [5, 5.41) is 0. The summed E-state index contributed by atoms with van der Waals surface area (Å²) in [4.78, 5) is 14.7. The van der Waals surface area contributed by atoms with Gasteiger partial charge < -0.3 is 14.9 Å². The molecule has 1 amide bonds. The first kappa shape index (κ1) is 53.6. The molecular weight excluding hydrogens is 860 g/mol. The maximum Gasteiger partial charge on any atom is 0.386 e. The van der Waals surface area contributed by atoms with E-state index < -0.39 is 6.18 Å². The standard InChI is InChI=1S/C16H11NOS2.C2H3F3.C2H6.2CH3.5Y/c18-15-14(11-12-7-3-1-4-8-12)20-16(19)17(15)13-9-5-2-6-10-13;1-2(3,4)5;1-2;;;;;;;/h1-11H;1H3;1-2H3;2*1H3;;;;;/q;;;2*-1;;;;;. The Bertz CT molecular complexity index is 790. The minimum Gasteiger partial charge on any atom is -0.358 e. The number of hydrogen-bond acceptors (Lipinski definition) is 3. The molecule has 0 N–H and O–H groups in total. The number of thioether (sulfide) groups is 1. The van der Waals surface area contributed by atoms with Crippen molar-refractivity contribution in [3.05, 3.63) is 86.0 Å². The second-order valence-electron chi connectivity index (χ2n) is 5.04. The first-order chi connectivity index (χ1) is 12.8. The van der Waals surface area contributed by atoms with Gasteiger partial charge in [0.1, 0.15) is 0 Å². The van der Waals surface area contributed by atoms with Crippen molar-refractivity contribution in [1.29, 1.82) is 0 Å². The molecule has 1 heterocycles. The zero-order chi connectivity index (χ0) is 20.4. The molecule has 1 saturated heterocycles. The van der Waals surface area contributed by atoms with E-state index in [0.29, 0.717) is 9.23 Å². The number of carbonyl (C=O) groups excluding carboxylic acids is 1. The smallest absolute Gasteiger partial charge is 0.358 e. The summed E-state index contributed by atoms with van der Waals surface area (Å²) in [6, 6.07) is 19.3. The third kappa shape index (κ3) is 22.2. The molecule has 5 radical (unpaired) electrons. The van der Waals surface area contributed by atoms with E-state index in [4.69, 9.17) is 12.2 Å². The maximum absolute atomic E-state index is 12.5. The zero-order valence-electron chi connectivity index (χ0n) is 20.0. The summed E-state index contributed by atoms with van der Waals surface area (Å²) in [5.41, 5.74) is 1.81. The number of halogens is 3. The van der Waals surface area contributed by atoms with Crippen LogP contribution >= 0.6 is 24.0 Å². The Balaban J connectivity index is -0.0000000940. The third-order valence-corrected chi connectivity index (χ3v) is 4.21. The topological polar surface area (TPSA) is 20.3 Å². The van der Waals surface area contributed by atoms with E-state index in [0.717, 1.165) is 11.3 Å². The second-order valence-corrected chi connectivity index (χ2v) is 6.72. The van der Waals surface area contributed by atoms with Crippen LogP contribution in [-0.4, -0.2) is 16.4 Å². The molecule has 1 aliphatic heterocycles. The average molecular weight is 886 g/mol. The van der Waals surface area contributed by atoms with Gasteiger partial charge in [-0.2, -0.15) is 13.2 Å². The monoisotopic (exact) mass is 886 g/mol. The molecule has 0 aliphatic carbocycles. The molecule has 2 aromatic carbocycles. The first-order valence-corrected chi connectivity index (χ1v) is 9.43. The van der Waals surface area contributed by atoms with Crippen molar-refractivity contribution in [3.63, 3.8) is 0 Å². The third-order valence-electron chi connectivity index (χ3n) is 2.91. The van der Waals surface area contributed by atoms with Crippen LogP contribution in [-0.2, 0) is 168 Å². The van der Waals surface area contributed by atoms with Crippen molar-refractivity contribution in [2.75, 3.05) is 4.90 Å². The summed E-state index contributed by atoms with van der Waals surface area (Å²) in [7, 11) is 0. The summed E-state index contributed by atoms with van der Waals surface area (Å²) < 4.78 is 31.6. The van der Waals surface area contributed by atoms with Gasteiger partial charge in [-0.05, 0) is 23.8 Å². The van der Waals surface area contributed by atoms with Crippen molar-refractivity contribution in [2.45, 2.75) is 26.9 Å². The molecule has 0 saturated carbocycles. The van der Waals surface area contributed by atoms with E-state index in [1.54, 1.807) is 4.90 Å². The van der Waals surface area contributed by atoms with Crippen LogP contribution in [0.5, 0.6) is 0 Å². The molecular formula is C22H26F3NOS2Y5-2. The van der Waals surface area contributed by atoms with Crippen LogP contribution in [0.2, 0.25) is 0 Å². The predicted molar refractivity (Wildman–Crippen MR) is 124 cm³/mol. The molecule has 1 aliphatic rings. The van der Waals surface area contributed by atoms with Gasteiger partial charge in [0, 0.05) is 170 Å². The summed E-state index contributed by atoms with van der Waals surface area (Å²) >= 11 is 6.66. The number of para-hydroxylation sites is 1. The normalized spacial score (nSPS) is 11.9. The van der Waals surface area contributed by atoms with Gasteiger partial charge in [0.25, 0.3) is 5.91 Å². The number of carbonyl (C=O) groups is 1. The molecule has 0 spiro atoms. The van der Waals surface area contributed by atoms with E-state index in [2.05, 4.69) is 0 Å². The number of rotatable bonds is 2. The molecule has 175 valence electrons. The maximum atomic E-state index is 12.5. The Morgan fingerprint density at radius 3 is 1.56 bits per heavy atom. The molecule has 0 atom stereocenters. The summed E-state index contributed by atoms with van der Waals surface area (Å²) in [6.07, 6.45) is -2.12. The van der Waals surface area contributed by atoms with E-state index in [1.807, 2.05) is 80.6 Å². The number of thiocarbonyl (C=S) groups is 1. The van der Waals surface area contributed by atoms with Gasteiger partial charge in [0.15, 0.2) is 4.32 Å². The Kier molecular flexibility index (Phi) is 46.3. The quantitative estimate of drug-likeness (QED) is 0.177. The van der Waals surface area contributed by atoms with Crippen molar-refractivity contribution in [1.82, 2.24) is 0 Å². The SMILES string of the molecule is CC.CC(F)(F)F.O=C1C(=Cc2ccccc2)SC(=S)N1c1ccccc1.[CH3-].[CH3-].[Y].[Y].[Y].[Y].[Y]. The van der Waals surface area contributed by atoms with Crippen LogP contribution < -0.4 is 4.90 Å². The van der Waals surface area contributed by atoms with Gasteiger partial charge in [0.05, 0.1) is 10.6 Å². The molecule has 0 aromatic heterocycles. The number of amides is 1. The number of nitrogens with zero attached hydrogens (tertiary/aromatic N) is 1. The minimum atomic E-state index is -4.00. The molecule has 12 heteroatoms. The van der Waals surface area contributed by atoms with Gasteiger partial charge in [-0.3, -0.25) is 9.69 Å². The second kappa shape index (κ2) is 29.4. The minimum absolute atomic E-state index is 0. The van der Waals surface area contributed by atoms with Crippen molar-refractivity contribution in [2.24, 2.45) is 0 Å². The summed E-state index contributed by atoms with van der Waals surface area (Å²) in [6.45, 7) is 4.19. The Hall–Kier alpha value is 3.40.